The van der Waals surface area contributed by atoms with Crippen LogP contribution in [0, 0.1) is 0 Å². The van der Waals surface area contributed by atoms with Crippen LogP contribution >= 0.6 is 0 Å². The van der Waals surface area contributed by atoms with E-state index in [1.165, 1.54) is 12.8 Å². The van der Waals surface area contributed by atoms with Crippen molar-refractivity contribution in [3.63, 3.8) is 0 Å². The lowest BCUT2D eigenvalue weighted by Crippen LogP contribution is -2.45. The number of rotatable bonds is 5. The Morgan fingerprint density at radius 3 is 2.85 bits per heavy atom. The van der Waals surface area contributed by atoms with Crippen LogP contribution in [0.3, 0.4) is 0 Å². The number of nitrogens with zero attached hydrogens (tertiary/aromatic N) is 3. The largest absolute Gasteiger partial charge is 0.392 e. The van der Waals surface area contributed by atoms with Gasteiger partial charge < -0.3 is 14.9 Å². The molecule has 1 aliphatic heterocycles. The monoisotopic (exact) mass is 277 g/mol. The van der Waals surface area contributed by atoms with Crippen LogP contribution in [0.4, 0.5) is 5.82 Å². The Kier molecular flexibility index (Phi) is 5.38. The van der Waals surface area contributed by atoms with Crippen molar-refractivity contribution in [1.29, 1.82) is 0 Å². The molecule has 1 unspecified atom stereocenters. The second-order valence-corrected chi connectivity index (χ2v) is 5.94. The minimum Gasteiger partial charge on any atom is -0.392 e. The zero-order chi connectivity index (χ0) is 14.5. The molecule has 2 rings (SSSR count). The summed E-state index contributed by atoms with van der Waals surface area (Å²) in [6.45, 7) is 4.35. The summed E-state index contributed by atoms with van der Waals surface area (Å²) in [7, 11) is 4.29. The predicted octanol–water partition coefficient (Wildman–Crippen LogP) is 2.06. The molecular weight excluding hydrogens is 250 g/mol. The molecule has 2 heterocycles. The molecule has 0 spiro atoms. The summed E-state index contributed by atoms with van der Waals surface area (Å²) in [5, 5.41) is 9.44. The number of aromatic nitrogens is 1. The van der Waals surface area contributed by atoms with Crippen LogP contribution in [0.2, 0.25) is 0 Å². The normalized spacial score (nSPS) is 19.6. The van der Waals surface area contributed by atoms with Crippen molar-refractivity contribution in [2.24, 2.45) is 0 Å². The van der Waals surface area contributed by atoms with Crippen molar-refractivity contribution in [1.82, 2.24) is 9.88 Å². The number of aliphatic hydroxyl groups excluding tert-OH is 1. The molecule has 112 valence electrons. The van der Waals surface area contributed by atoms with Crippen LogP contribution in [0.15, 0.2) is 12.1 Å². The number of hydrogen-bond donors (Lipinski definition) is 1. The minimum absolute atomic E-state index is 0.0944. The van der Waals surface area contributed by atoms with Gasteiger partial charge in [-0.05, 0) is 51.1 Å². The molecular formula is C16H27N3O. The van der Waals surface area contributed by atoms with Gasteiger partial charge in [0.05, 0.1) is 6.61 Å². The van der Waals surface area contributed by atoms with E-state index >= 15 is 0 Å². The summed E-state index contributed by atoms with van der Waals surface area (Å²) in [6.07, 6.45) is 4.52. The average Bonchev–Trinajstić information content (AvgIpc) is 2.47. The van der Waals surface area contributed by atoms with Gasteiger partial charge in [0, 0.05) is 24.8 Å². The summed E-state index contributed by atoms with van der Waals surface area (Å²) in [5.74, 6) is 1.03. The highest BCUT2D eigenvalue weighted by molar-refractivity contribution is 5.43. The SMILES string of the molecule is CCCc1cc(CO)cc(N2CCCC(N(C)C)C2)n1. The highest BCUT2D eigenvalue weighted by atomic mass is 16.3. The minimum atomic E-state index is 0.0944. The lowest BCUT2D eigenvalue weighted by Gasteiger charge is -2.37. The van der Waals surface area contributed by atoms with Crippen LogP contribution in [0.1, 0.15) is 37.4 Å². The van der Waals surface area contributed by atoms with Crippen molar-refractivity contribution in [3.05, 3.63) is 23.4 Å². The molecule has 0 aliphatic carbocycles. The Bertz CT molecular complexity index is 434. The van der Waals surface area contributed by atoms with E-state index in [4.69, 9.17) is 4.98 Å². The Labute approximate surface area is 122 Å². The standard InChI is InChI=1S/C16H27N3O/c1-4-6-14-9-13(12-20)10-16(17-14)19-8-5-7-15(11-19)18(2)3/h9-10,15,20H,4-8,11-12H2,1-3H3. The number of pyridine rings is 1. The van der Waals surface area contributed by atoms with Crippen molar-refractivity contribution >= 4 is 5.82 Å². The van der Waals surface area contributed by atoms with Crippen molar-refractivity contribution in [2.75, 3.05) is 32.1 Å². The molecule has 1 aliphatic rings. The molecule has 20 heavy (non-hydrogen) atoms. The first kappa shape index (κ1) is 15.3. The second-order valence-electron chi connectivity index (χ2n) is 5.94. The van der Waals surface area contributed by atoms with E-state index in [9.17, 15) is 5.11 Å². The topological polar surface area (TPSA) is 39.6 Å². The van der Waals surface area contributed by atoms with E-state index in [-0.39, 0.29) is 6.61 Å². The summed E-state index contributed by atoms with van der Waals surface area (Å²) in [6, 6.07) is 4.66. The molecule has 4 nitrogen and oxygen atoms in total. The lowest BCUT2D eigenvalue weighted by molar-refractivity contribution is 0.257. The lowest BCUT2D eigenvalue weighted by atomic mass is 10.0. The first-order valence-corrected chi connectivity index (χ1v) is 7.66. The van der Waals surface area contributed by atoms with Crippen molar-refractivity contribution < 1.29 is 5.11 Å². The van der Waals surface area contributed by atoms with Crippen molar-refractivity contribution in [3.8, 4) is 0 Å². The first-order valence-electron chi connectivity index (χ1n) is 7.66. The molecule has 1 N–H and O–H groups in total. The molecule has 1 fully saturated rings. The van der Waals surface area contributed by atoms with E-state index in [1.807, 2.05) is 12.1 Å². The number of likely N-dealkylation sites (N-methyl/N-ethyl adjacent to an activating group) is 1. The van der Waals surface area contributed by atoms with Gasteiger partial charge in [0.2, 0.25) is 0 Å². The quantitative estimate of drug-likeness (QED) is 0.894. The summed E-state index contributed by atoms with van der Waals surface area (Å²) in [5.41, 5.74) is 2.08. The maximum absolute atomic E-state index is 9.44. The molecule has 1 aromatic rings. The summed E-state index contributed by atoms with van der Waals surface area (Å²) >= 11 is 0. The third-order valence-corrected chi connectivity index (χ3v) is 4.06. The first-order chi connectivity index (χ1) is 9.63. The molecule has 0 saturated carbocycles. The molecule has 0 aromatic carbocycles. The predicted molar refractivity (Wildman–Crippen MR) is 83.1 cm³/mol. The van der Waals surface area contributed by atoms with Gasteiger partial charge in [0.25, 0.3) is 0 Å². The molecule has 1 atom stereocenters. The second kappa shape index (κ2) is 7.04. The summed E-state index contributed by atoms with van der Waals surface area (Å²) < 4.78 is 0. The Balaban J connectivity index is 2.19. The van der Waals surface area contributed by atoms with E-state index in [0.29, 0.717) is 6.04 Å². The van der Waals surface area contributed by atoms with Gasteiger partial charge >= 0.3 is 0 Å². The van der Waals surface area contributed by atoms with E-state index in [0.717, 1.165) is 43.0 Å². The number of aliphatic hydroxyl groups is 1. The maximum atomic E-state index is 9.44. The van der Waals surface area contributed by atoms with Crippen LogP contribution in [0.5, 0.6) is 0 Å². The highest BCUT2D eigenvalue weighted by Crippen LogP contribution is 2.22. The fourth-order valence-corrected chi connectivity index (χ4v) is 2.85. The molecule has 1 saturated heterocycles. The van der Waals surface area contributed by atoms with Gasteiger partial charge in [-0.3, -0.25) is 0 Å². The number of anilines is 1. The molecule has 1 aromatic heterocycles. The third kappa shape index (κ3) is 3.70. The third-order valence-electron chi connectivity index (χ3n) is 4.06. The molecule has 0 amide bonds. The summed E-state index contributed by atoms with van der Waals surface area (Å²) in [4.78, 5) is 9.45. The van der Waals surface area contributed by atoms with Gasteiger partial charge in [0.15, 0.2) is 0 Å². The molecule has 0 bridgehead atoms. The van der Waals surface area contributed by atoms with E-state index < -0.39 is 0 Å². The fourth-order valence-electron chi connectivity index (χ4n) is 2.85. The van der Waals surface area contributed by atoms with Crippen molar-refractivity contribution in [2.45, 2.75) is 45.3 Å². The molecule has 4 heteroatoms. The van der Waals surface area contributed by atoms with Gasteiger partial charge in [-0.15, -0.1) is 0 Å². The van der Waals surface area contributed by atoms with Crippen LogP contribution in [0.25, 0.3) is 0 Å². The highest BCUT2D eigenvalue weighted by Gasteiger charge is 2.22. The number of hydrogen-bond acceptors (Lipinski definition) is 4. The van der Waals surface area contributed by atoms with E-state index in [1.54, 1.807) is 0 Å². The number of aryl methyl sites for hydroxylation is 1. The fraction of sp³-hybridized carbons (Fsp3) is 0.688. The van der Waals surface area contributed by atoms with Gasteiger partial charge in [-0.2, -0.15) is 0 Å². The Morgan fingerprint density at radius 1 is 1.40 bits per heavy atom. The smallest absolute Gasteiger partial charge is 0.129 e. The Hall–Kier alpha value is -1.13. The zero-order valence-corrected chi connectivity index (χ0v) is 13.0. The molecule has 0 radical (unpaired) electrons. The van der Waals surface area contributed by atoms with Gasteiger partial charge in [-0.25, -0.2) is 4.98 Å². The van der Waals surface area contributed by atoms with Crippen LogP contribution < -0.4 is 4.90 Å². The average molecular weight is 277 g/mol. The van der Waals surface area contributed by atoms with E-state index in [2.05, 4.69) is 30.8 Å². The van der Waals surface area contributed by atoms with Gasteiger partial charge in [0.1, 0.15) is 5.82 Å². The number of piperidine rings is 1. The van der Waals surface area contributed by atoms with Crippen LogP contribution in [-0.4, -0.2) is 48.2 Å². The Morgan fingerprint density at radius 2 is 2.20 bits per heavy atom. The maximum Gasteiger partial charge on any atom is 0.129 e. The van der Waals surface area contributed by atoms with Gasteiger partial charge in [-0.1, -0.05) is 13.3 Å². The zero-order valence-electron chi connectivity index (χ0n) is 13.0. The van der Waals surface area contributed by atoms with Crippen LogP contribution in [-0.2, 0) is 13.0 Å².